The van der Waals surface area contributed by atoms with Gasteiger partial charge in [-0.1, -0.05) is 90.9 Å². The highest BCUT2D eigenvalue weighted by Crippen LogP contribution is 2.23. The van der Waals surface area contributed by atoms with Crippen molar-refractivity contribution in [1.29, 1.82) is 0 Å². The summed E-state index contributed by atoms with van der Waals surface area (Å²) in [5.41, 5.74) is 6.05. The molecule has 0 fully saturated rings. The predicted molar refractivity (Wildman–Crippen MR) is 99.2 cm³/mol. The third-order valence-corrected chi connectivity index (χ3v) is 5.27. The Morgan fingerprint density at radius 1 is 0.818 bits per heavy atom. The van der Waals surface area contributed by atoms with Gasteiger partial charge in [-0.2, -0.15) is 0 Å². The first-order chi connectivity index (χ1) is 10.5. The monoisotopic (exact) mass is 313 g/mol. The summed E-state index contributed by atoms with van der Waals surface area (Å²) in [6.07, 6.45) is 18.7. The highest BCUT2D eigenvalue weighted by molar-refractivity contribution is 4.83. The number of aliphatic hydroxyl groups is 1. The van der Waals surface area contributed by atoms with Gasteiger partial charge in [0, 0.05) is 12.1 Å². The van der Waals surface area contributed by atoms with E-state index in [2.05, 4.69) is 20.8 Å². The van der Waals surface area contributed by atoms with Crippen molar-refractivity contribution in [2.24, 2.45) is 11.7 Å². The van der Waals surface area contributed by atoms with Crippen molar-refractivity contribution in [2.45, 2.75) is 116 Å². The lowest BCUT2D eigenvalue weighted by Gasteiger charge is -2.31. The average molecular weight is 314 g/mol. The molecule has 2 unspecified atom stereocenters. The molecular weight excluding hydrogens is 270 g/mol. The zero-order valence-corrected chi connectivity index (χ0v) is 15.7. The Morgan fingerprint density at radius 3 is 1.64 bits per heavy atom. The van der Waals surface area contributed by atoms with Gasteiger partial charge in [0.2, 0.25) is 0 Å². The summed E-state index contributed by atoms with van der Waals surface area (Å²) >= 11 is 0. The summed E-state index contributed by atoms with van der Waals surface area (Å²) in [7, 11) is 0. The molecule has 0 aliphatic heterocycles. The van der Waals surface area contributed by atoms with Crippen LogP contribution in [-0.2, 0) is 0 Å². The fourth-order valence-corrected chi connectivity index (χ4v) is 3.11. The molecule has 0 aliphatic carbocycles. The van der Waals surface area contributed by atoms with Crippen molar-refractivity contribution < 1.29 is 5.11 Å². The molecule has 2 heteroatoms. The highest BCUT2D eigenvalue weighted by atomic mass is 16.3. The molecule has 0 saturated heterocycles. The van der Waals surface area contributed by atoms with E-state index in [-0.39, 0.29) is 12.1 Å². The minimum absolute atomic E-state index is 0.202. The fourth-order valence-electron chi connectivity index (χ4n) is 3.11. The molecule has 2 atom stereocenters. The zero-order chi connectivity index (χ0) is 16.7. The van der Waals surface area contributed by atoms with Crippen LogP contribution in [0.25, 0.3) is 0 Å². The van der Waals surface area contributed by atoms with Gasteiger partial charge < -0.3 is 10.8 Å². The molecule has 0 amide bonds. The van der Waals surface area contributed by atoms with Crippen molar-refractivity contribution in [3.05, 3.63) is 0 Å². The average Bonchev–Trinajstić information content (AvgIpc) is 2.48. The zero-order valence-electron chi connectivity index (χ0n) is 15.7. The lowest BCUT2D eigenvalue weighted by atomic mass is 9.82. The van der Waals surface area contributed by atoms with Crippen LogP contribution >= 0.6 is 0 Å². The molecule has 0 radical (unpaired) electrons. The maximum atomic E-state index is 9.04. The van der Waals surface area contributed by atoms with E-state index in [1.807, 2.05) is 0 Å². The van der Waals surface area contributed by atoms with Crippen LogP contribution in [-0.4, -0.2) is 17.3 Å². The van der Waals surface area contributed by atoms with Crippen molar-refractivity contribution >= 4 is 0 Å². The molecule has 0 aromatic carbocycles. The Labute approximate surface area is 140 Å². The number of hydrogen-bond donors (Lipinski definition) is 2. The van der Waals surface area contributed by atoms with Crippen LogP contribution in [0.1, 0.15) is 111 Å². The number of unbranched alkanes of at least 4 members (excludes halogenated alkanes) is 11. The van der Waals surface area contributed by atoms with Crippen molar-refractivity contribution in [1.82, 2.24) is 0 Å². The van der Waals surface area contributed by atoms with E-state index in [4.69, 9.17) is 10.8 Å². The molecular formula is C20H43NO. The second-order valence-electron chi connectivity index (χ2n) is 7.56. The first-order valence-electron chi connectivity index (χ1n) is 9.94. The van der Waals surface area contributed by atoms with Crippen LogP contribution in [0.4, 0.5) is 0 Å². The topological polar surface area (TPSA) is 46.2 Å². The van der Waals surface area contributed by atoms with E-state index in [9.17, 15) is 0 Å². The third-order valence-electron chi connectivity index (χ3n) is 5.27. The minimum atomic E-state index is -0.202. The normalized spacial score (nSPS) is 15.7. The first kappa shape index (κ1) is 21.9. The molecule has 2 nitrogen and oxygen atoms in total. The lowest BCUT2D eigenvalue weighted by Crippen LogP contribution is -2.43. The summed E-state index contributed by atoms with van der Waals surface area (Å²) in [6.45, 7) is 6.79. The van der Waals surface area contributed by atoms with Gasteiger partial charge in [0.15, 0.2) is 0 Å². The summed E-state index contributed by atoms with van der Waals surface area (Å²) < 4.78 is 0. The van der Waals surface area contributed by atoms with E-state index in [1.54, 1.807) is 0 Å². The maximum Gasteiger partial charge on any atom is 0.0448 e. The Hall–Kier alpha value is -0.0800. The van der Waals surface area contributed by atoms with Crippen molar-refractivity contribution in [3.63, 3.8) is 0 Å². The summed E-state index contributed by atoms with van der Waals surface area (Å²) in [6, 6.07) is 0. The van der Waals surface area contributed by atoms with Crippen molar-refractivity contribution in [2.75, 3.05) is 6.61 Å². The minimum Gasteiger partial charge on any atom is -0.396 e. The van der Waals surface area contributed by atoms with Crippen LogP contribution in [0.15, 0.2) is 0 Å². The number of hydrogen-bond acceptors (Lipinski definition) is 2. The van der Waals surface area contributed by atoms with Gasteiger partial charge in [-0.15, -0.1) is 0 Å². The number of rotatable bonds is 16. The van der Waals surface area contributed by atoms with Crippen LogP contribution < -0.4 is 5.73 Å². The highest BCUT2D eigenvalue weighted by Gasteiger charge is 2.24. The van der Waals surface area contributed by atoms with E-state index < -0.39 is 0 Å². The van der Waals surface area contributed by atoms with Gasteiger partial charge in [0.1, 0.15) is 0 Å². The van der Waals surface area contributed by atoms with Gasteiger partial charge in [0.05, 0.1) is 0 Å². The largest absolute Gasteiger partial charge is 0.396 e. The Bertz CT molecular complexity index is 228. The van der Waals surface area contributed by atoms with E-state index in [0.717, 1.165) is 0 Å². The SMILES string of the molecule is CCCCCCCCCCCCCCC(C)C(C)(N)CCO. The molecule has 0 aliphatic rings. The molecule has 0 rings (SSSR count). The van der Waals surface area contributed by atoms with E-state index in [1.165, 1.54) is 83.5 Å². The summed E-state index contributed by atoms with van der Waals surface area (Å²) in [5, 5.41) is 9.04. The fraction of sp³-hybridized carbons (Fsp3) is 1.00. The molecule has 22 heavy (non-hydrogen) atoms. The van der Waals surface area contributed by atoms with E-state index >= 15 is 0 Å². The molecule has 0 aromatic heterocycles. The van der Waals surface area contributed by atoms with Gasteiger partial charge in [-0.3, -0.25) is 0 Å². The predicted octanol–water partition coefficient (Wildman–Crippen LogP) is 5.81. The van der Waals surface area contributed by atoms with Crippen LogP contribution in [0, 0.1) is 5.92 Å². The molecule has 3 N–H and O–H groups in total. The quantitative estimate of drug-likeness (QED) is 0.353. The van der Waals surface area contributed by atoms with Gasteiger partial charge >= 0.3 is 0 Å². The Morgan fingerprint density at radius 2 is 1.23 bits per heavy atom. The second-order valence-corrected chi connectivity index (χ2v) is 7.56. The molecule has 0 heterocycles. The second kappa shape index (κ2) is 14.5. The molecule has 0 aromatic rings. The Kier molecular flexibility index (Phi) is 14.5. The summed E-state index contributed by atoms with van der Waals surface area (Å²) in [5.74, 6) is 0.503. The summed E-state index contributed by atoms with van der Waals surface area (Å²) in [4.78, 5) is 0. The lowest BCUT2D eigenvalue weighted by molar-refractivity contribution is 0.200. The number of aliphatic hydroxyl groups excluding tert-OH is 1. The number of nitrogens with two attached hydrogens (primary N) is 1. The van der Waals surface area contributed by atoms with Crippen LogP contribution in [0.3, 0.4) is 0 Å². The van der Waals surface area contributed by atoms with Crippen molar-refractivity contribution in [3.8, 4) is 0 Å². The Balaban J connectivity index is 3.30. The van der Waals surface area contributed by atoms with E-state index in [0.29, 0.717) is 12.3 Å². The maximum absolute atomic E-state index is 9.04. The molecule has 0 saturated carbocycles. The molecule has 134 valence electrons. The van der Waals surface area contributed by atoms with Gasteiger partial charge in [-0.25, -0.2) is 0 Å². The molecule has 0 bridgehead atoms. The van der Waals surface area contributed by atoms with Gasteiger partial charge in [0.25, 0.3) is 0 Å². The van der Waals surface area contributed by atoms with Gasteiger partial charge in [-0.05, 0) is 25.7 Å². The third kappa shape index (κ3) is 12.5. The molecule has 0 spiro atoms. The standard InChI is InChI=1S/C20H43NO/c1-4-5-6-7-8-9-10-11-12-13-14-15-16-19(2)20(3,21)17-18-22/h19,22H,4-18,21H2,1-3H3. The smallest absolute Gasteiger partial charge is 0.0448 e. The first-order valence-corrected chi connectivity index (χ1v) is 9.94. The van der Waals surface area contributed by atoms with Crippen LogP contribution in [0.2, 0.25) is 0 Å². The van der Waals surface area contributed by atoms with Crippen LogP contribution in [0.5, 0.6) is 0 Å².